The molecule has 3 rings (SSSR count). The Morgan fingerprint density at radius 2 is 1.74 bits per heavy atom. The fraction of sp³-hybridized carbons (Fsp3) is 0.333. The van der Waals surface area contributed by atoms with Crippen LogP contribution in [-0.2, 0) is 31.0 Å². The van der Waals surface area contributed by atoms with E-state index in [2.05, 4.69) is 10.0 Å². The SMILES string of the molecule is O=C(CCNS(=O)(=O)c1ccc2c(c1)OCCCO2)NCC(=O)OCc1ccccc1. The van der Waals surface area contributed by atoms with Gasteiger partial charge in [0.15, 0.2) is 11.5 Å². The molecule has 31 heavy (non-hydrogen) atoms. The number of amides is 1. The van der Waals surface area contributed by atoms with E-state index in [0.717, 1.165) is 5.56 Å². The van der Waals surface area contributed by atoms with Crippen LogP contribution in [-0.4, -0.2) is 46.6 Å². The first kappa shape index (κ1) is 22.6. The van der Waals surface area contributed by atoms with Crippen LogP contribution in [0.3, 0.4) is 0 Å². The first-order valence-electron chi connectivity index (χ1n) is 9.79. The van der Waals surface area contributed by atoms with E-state index in [-0.39, 0.29) is 31.0 Å². The zero-order chi connectivity index (χ0) is 22.1. The summed E-state index contributed by atoms with van der Waals surface area (Å²) in [6, 6.07) is 13.5. The van der Waals surface area contributed by atoms with Gasteiger partial charge < -0.3 is 19.5 Å². The van der Waals surface area contributed by atoms with Crippen molar-refractivity contribution in [3.05, 3.63) is 54.1 Å². The molecule has 2 N–H and O–H groups in total. The van der Waals surface area contributed by atoms with Crippen LogP contribution in [0.5, 0.6) is 11.5 Å². The molecule has 0 saturated heterocycles. The highest BCUT2D eigenvalue weighted by atomic mass is 32.2. The predicted octanol–water partition coefficient (Wildman–Crippen LogP) is 1.38. The van der Waals surface area contributed by atoms with Gasteiger partial charge in [0.25, 0.3) is 0 Å². The molecule has 9 nitrogen and oxygen atoms in total. The molecule has 1 amide bonds. The number of nitrogens with one attached hydrogen (secondary N) is 2. The molecular weight excluding hydrogens is 424 g/mol. The maximum atomic E-state index is 12.5. The van der Waals surface area contributed by atoms with Crippen LogP contribution in [0.2, 0.25) is 0 Å². The van der Waals surface area contributed by atoms with Gasteiger partial charge in [0.2, 0.25) is 15.9 Å². The van der Waals surface area contributed by atoms with Gasteiger partial charge in [-0.15, -0.1) is 0 Å². The van der Waals surface area contributed by atoms with E-state index in [4.69, 9.17) is 14.2 Å². The number of ether oxygens (including phenoxy) is 3. The van der Waals surface area contributed by atoms with E-state index in [0.29, 0.717) is 31.1 Å². The van der Waals surface area contributed by atoms with Crippen LogP contribution in [0.4, 0.5) is 0 Å². The monoisotopic (exact) mass is 448 g/mol. The third kappa shape index (κ3) is 6.97. The Morgan fingerprint density at radius 1 is 1.00 bits per heavy atom. The average molecular weight is 448 g/mol. The van der Waals surface area contributed by atoms with Crippen LogP contribution in [0.1, 0.15) is 18.4 Å². The Morgan fingerprint density at radius 3 is 2.52 bits per heavy atom. The molecule has 1 aliphatic heterocycles. The number of hydrogen-bond acceptors (Lipinski definition) is 7. The second-order valence-corrected chi connectivity index (χ2v) is 8.50. The normalized spacial score (nSPS) is 13.2. The number of rotatable bonds is 9. The summed E-state index contributed by atoms with van der Waals surface area (Å²) in [6.45, 7) is 0.650. The smallest absolute Gasteiger partial charge is 0.325 e. The van der Waals surface area contributed by atoms with Crippen molar-refractivity contribution in [1.82, 2.24) is 10.0 Å². The minimum absolute atomic E-state index is 0.0154. The van der Waals surface area contributed by atoms with Crippen molar-refractivity contribution in [3.8, 4) is 11.5 Å². The highest BCUT2D eigenvalue weighted by Crippen LogP contribution is 2.31. The highest BCUT2D eigenvalue weighted by molar-refractivity contribution is 7.89. The predicted molar refractivity (Wildman–Crippen MR) is 111 cm³/mol. The van der Waals surface area contributed by atoms with Crippen LogP contribution in [0, 0.1) is 0 Å². The van der Waals surface area contributed by atoms with Gasteiger partial charge in [0, 0.05) is 25.5 Å². The number of benzene rings is 2. The number of carbonyl (C=O) groups excluding carboxylic acids is 2. The highest BCUT2D eigenvalue weighted by Gasteiger charge is 2.19. The van der Waals surface area contributed by atoms with E-state index < -0.39 is 21.9 Å². The van der Waals surface area contributed by atoms with Crippen LogP contribution >= 0.6 is 0 Å². The summed E-state index contributed by atoms with van der Waals surface area (Å²) < 4.78 is 43.3. The molecule has 0 aliphatic carbocycles. The largest absolute Gasteiger partial charge is 0.490 e. The summed E-state index contributed by atoms with van der Waals surface area (Å²) in [4.78, 5) is 23.6. The molecule has 0 bridgehead atoms. The van der Waals surface area contributed by atoms with E-state index in [1.807, 2.05) is 30.3 Å². The number of esters is 1. The number of hydrogen-bond donors (Lipinski definition) is 2. The topological polar surface area (TPSA) is 120 Å². The standard InChI is InChI=1S/C21H24N2O7S/c24-20(22-14-21(25)30-15-16-5-2-1-3-6-16)9-10-23-31(26,27)17-7-8-18-19(13-17)29-12-4-11-28-18/h1-3,5-8,13,23H,4,9-12,14-15H2,(H,22,24). The molecule has 10 heteroatoms. The van der Waals surface area contributed by atoms with E-state index in [1.54, 1.807) is 6.07 Å². The third-order valence-electron chi connectivity index (χ3n) is 4.35. The zero-order valence-electron chi connectivity index (χ0n) is 16.8. The van der Waals surface area contributed by atoms with Gasteiger partial charge in [0.1, 0.15) is 13.2 Å². The van der Waals surface area contributed by atoms with Crippen LogP contribution in [0.25, 0.3) is 0 Å². The lowest BCUT2D eigenvalue weighted by atomic mass is 10.2. The van der Waals surface area contributed by atoms with Crippen molar-refractivity contribution >= 4 is 21.9 Å². The van der Waals surface area contributed by atoms with Gasteiger partial charge in [-0.3, -0.25) is 9.59 Å². The van der Waals surface area contributed by atoms with Gasteiger partial charge in [-0.2, -0.15) is 0 Å². The van der Waals surface area contributed by atoms with Crippen molar-refractivity contribution in [2.24, 2.45) is 0 Å². The quantitative estimate of drug-likeness (QED) is 0.556. The minimum Gasteiger partial charge on any atom is -0.490 e. The fourth-order valence-corrected chi connectivity index (χ4v) is 3.79. The number of sulfonamides is 1. The molecular formula is C21H24N2O7S. The molecule has 0 fully saturated rings. The second kappa shape index (κ2) is 10.8. The van der Waals surface area contributed by atoms with Gasteiger partial charge >= 0.3 is 5.97 Å². The molecule has 0 atom stereocenters. The summed E-state index contributed by atoms with van der Waals surface area (Å²) in [6.07, 6.45) is 0.583. The summed E-state index contributed by atoms with van der Waals surface area (Å²) >= 11 is 0. The maximum absolute atomic E-state index is 12.5. The lowest BCUT2D eigenvalue weighted by Crippen LogP contribution is -2.34. The molecule has 0 saturated carbocycles. The van der Waals surface area contributed by atoms with Crippen molar-refractivity contribution in [2.75, 3.05) is 26.3 Å². The third-order valence-corrected chi connectivity index (χ3v) is 5.80. The van der Waals surface area contributed by atoms with Crippen molar-refractivity contribution < 1.29 is 32.2 Å². The molecule has 166 valence electrons. The van der Waals surface area contributed by atoms with Crippen LogP contribution in [0.15, 0.2) is 53.4 Å². The molecule has 2 aromatic carbocycles. The van der Waals surface area contributed by atoms with Gasteiger partial charge in [-0.05, 0) is 17.7 Å². The summed E-state index contributed by atoms with van der Waals surface area (Å²) in [7, 11) is -3.83. The number of carbonyl (C=O) groups is 2. The van der Waals surface area contributed by atoms with E-state index in [1.165, 1.54) is 12.1 Å². The summed E-state index contributed by atoms with van der Waals surface area (Å²) in [5, 5.41) is 2.41. The maximum Gasteiger partial charge on any atom is 0.325 e. The van der Waals surface area contributed by atoms with Gasteiger partial charge in [-0.1, -0.05) is 30.3 Å². The molecule has 2 aromatic rings. The van der Waals surface area contributed by atoms with Crippen molar-refractivity contribution in [2.45, 2.75) is 24.3 Å². The Kier molecular flexibility index (Phi) is 7.85. The van der Waals surface area contributed by atoms with E-state index >= 15 is 0 Å². The lowest BCUT2D eigenvalue weighted by Gasteiger charge is -2.11. The Hall–Kier alpha value is -3.11. The molecule has 0 aromatic heterocycles. The van der Waals surface area contributed by atoms with Crippen molar-refractivity contribution in [3.63, 3.8) is 0 Å². The zero-order valence-corrected chi connectivity index (χ0v) is 17.7. The lowest BCUT2D eigenvalue weighted by molar-refractivity contribution is -0.145. The minimum atomic E-state index is -3.83. The fourth-order valence-electron chi connectivity index (χ4n) is 2.74. The first-order valence-corrected chi connectivity index (χ1v) is 11.3. The summed E-state index contributed by atoms with van der Waals surface area (Å²) in [5.74, 6) is -0.190. The molecule has 0 spiro atoms. The van der Waals surface area contributed by atoms with Gasteiger partial charge in [-0.25, -0.2) is 13.1 Å². The Bertz CT molecular complexity index is 1010. The average Bonchev–Trinajstić information content (AvgIpc) is 3.02. The first-order chi connectivity index (χ1) is 14.9. The second-order valence-electron chi connectivity index (χ2n) is 6.73. The summed E-state index contributed by atoms with van der Waals surface area (Å²) in [5.41, 5.74) is 0.839. The molecule has 1 heterocycles. The van der Waals surface area contributed by atoms with Crippen molar-refractivity contribution in [1.29, 1.82) is 0 Å². The number of fused-ring (bicyclic) bond motifs is 1. The Labute approximate surface area is 180 Å². The Balaban J connectivity index is 1.40. The molecule has 0 unspecified atom stereocenters. The molecule has 0 radical (unpaired) electrons. The van der Waals surface area contributed by atoms with E-state index in [9.17, 15) is 18.0 Å². The van der Waals surface area contributed by atoms with Gasteiger partial charge in [0.05, 0.1) is 18.1 Å². The van der Waals surface area contributed by atoms with Crippen LogP contribution < -0.4 is 19.5 Å². The molecule has 1 aliphatic rings.